The lowest BCUT2D eigenvalue weighted by atomic mass is 10.3. The van der Waals surface area contributed by atoms with Gasteiger partial charge in [0.2, 0.25) is 0 Å². The molecule has 0 bridgehead atoms. The molecule has 1 heterocycles. The van der Waals surface area contributed by atoms with Crippen LogP contribution in [0.5, 0.6) is 0 Å². The second-order valence-corrected chi connectivity index (χ2v) is 4.63. The highest BCUT2D eigenvalue weighted by Crippen LogP contribution is 2.17. The molecule has 2 rings (SSSR count). The van der Waals surface area contributed by atoms with Gasteiger partial charge in [0.25, 0.3) is 10.1 Å². The maximum atomic E-state index is 10.8. The number of nitrogens with zero attached hydrogens (tertiary/aromatic N) is 2. The normalized spacial score (nSPS) is 11.1. The minimum Gasteiger partial charge on any atom is -0.282 e. The molecular weight excluding hydrogens is 275 g/mol. The van der Waals surface area contributed by atoms with E-state index in [4.69, 9.17) is 16.2 Å². The molecule has 16 heavy (non-hydrogen) atoms. The van der Waals surface area contributed by atoms with Gasteiger partial charge in [-0.3, -0.25) is 9.54 Å². The van der Waals surface area contributed by atoms with Gasteiger partial charge in [0, 0.05) is 0 Å². The van der Waals surface area contributed by atoms with Crippen LogP contribution in [-0.2, 0) is 10.1 Å². The van der Waals surface area contributed by atoms with Gasteiger partial charge in [-0.25, -0.2) is 4.98 Å². The van der Waals surface area contributed by atoms with Crippen molar-refractivity contribution >= 4 is 45.2 Å². The number of rotatable bonds is 1. The first-order chi connectivity index (χ1) is 6.97. The monoisotopic (exact) mass is 280 g/mol. The fourth-order valence-corrected chi connectivity index (χ4v) is 1.77. The molecule has 0 aliphatic rings. The van der Waals surface area contributed by atoms with Crippen LogP contribution in [0.25, 0.3) is 11.0 Å². The Morgan fingerprint density at radius 2 is 1.94 bits per heavy atom. The molecule has 5 nitrogen and oxygen atoms in total. The summed E-state index contributed by atoms with van der Waals surface area (Å²) < 4.78 is 30.5. The summed E-state index contributed by atoms with van der Waals surface area (Å²) in [6, 6.07) is 3.91. The van der Waals surface area contributed by atoms with Crippen molar-refractivity contribution in [2.24, 2.45) is 0 Å². The molecule has 0 fully saturated rings. The summed E-state index contributed by atoms with van der Waals surface area (Å²) in [5, 5.41) is 0.162. The third-order valence-electron chi connectivity index (χ3n) is 1.78. The molecule has 0 saturated carbocycles. The second-order valence-electron chi connectivity index (χ2n) is 2.82. The highest BCUT2D eigenvalue weighted by atomic mass is 35.5. The molecule has 0 unspecified atom stereocenters. The molecule has 0 saturated heterocycles. The number of fused-ring (bicyclic) bond motifs is 1. The Bertz CT molecular complexity index is 630. The Labute approximate surface area is 103 Å². The number of halogens is 2. The van der Waals surface area contributed by atoms with Crippen molar-refractivity contribution in [2.75, 3.05) is 0 Å². The van der Waals surface area contributed by atoms with Gasteiger partial charge in [-0.2, -0.15) is 8.42 Å². The first kappa shape index (κ1) is 13.1. The van der Waals surface area contributed by atoms with Gasteiger partial charge >= 0.3 is 0 Å². The minimum absolute atomic E-state index is 0. The molecular formula is C8H6Cl2N2O3S. The molecule has 0 radical (unpaired) electrons. The number of aromatic nitrogens is 2. The topological polar surface area (TPSA) is 80.2 Å². The zero-order chi connectivity index (χ0) is 11.1. The second kappa shape index (κ2) is 4.50. The summed E-state index contributed by atoms with van der Waals surface area (Å²) in [7, 11) is -4.22. The third-order valence-corrected chi connectivity index (χ3v) is 2.81. The Hall–Kier alpha value is -0.950. The lowest BCUT2D eigenvalue weighted by Crippen LogP contribution is -1.98. The Morgan fingerprint density at radius 1 is 1.25 bits per heavy atom. The molecule has 86 valence electrons. The standard InChI is InChI=1S/C8H5ClN2O3S.ClH/c9-8-4-10-6-2-1-5(15(12,13)14)3-7(6)11-8;/h1-4H,(H,12,13,14);1H. The van der Waals surface area contributed by atoms with Crippen molar-refractivity contribution in [3.05, 3.63) is 29.5 Å². The van der Waals surface area contributed by atoms with E-state index in [1.165, 1.54) is 24.4 Å². The van der Waals surface area contributed by atoms with Crippen molar-refractivity contribution in [1.82, 2.24) is 9.97 Å². The van der Waals surface area contributed by atoms with Crippen LogP contribution in [-0.4, -0.2) is 22.9 Å². The molecule has 0 amide bonds. The fraction of sp³-hybridized carbons (Fsp3) is 0. The van der Waals surface area contributed by atoms with Crippen LogP contribution in [0.2, 0.25) is 5.15 Å². The van der Waals surface area contributed by atoms with Crippen LogP contribution in [0.3, 0.4) is 0 Å². The number of benzene rings is 1. The predicted molar refractivity (Wildman–Crippen MR) is 61.6 cm³/mol. The van der Waals surface area contributed by atoms with E-state index in [1.54, 1.807) is 0 Å². The number of hydrogen-bond acceptors (Lipinski definition) is 4. The fourth-order valence-electron chi connectivity index (χ4n) is 1.13. The van der Waals surface area contributed by atoms with Gasteiger partial charge in [-0.05, 0) is 18.2 Å². The summed E-state index contributed by atoms with van der Waals surface area (Å²) in [4.78, 5) is 7.58. The highest BCUT2D eigenvalue weighted by molar-refractivity contribution is 7.85. The van der Waals surface area contributed by atoms with Crippen LogP contribution in [0, 0.1) is 0 Å². The van der Waals surface area contributed by atoms with E-state index < -0.39 is 10.1 Å². The summed E-state index contributed by atoms with van der Waals surface area (Å²) in [6.07, 6.45) is 1.36. The van der Waals surface area contributed by atoms with E-state index >= 15 is 0 Å². The van der Waals surface area contributed by atoms with E-state index in [-0.39, 0.29) is 22.5 Å². The molecule has 0 aliphatic carbocycles. The first-order valence-corrected chi connectivity index (χ1v) is 5.68. The van der Waals surface area contributed by atoms with Gasteiger partial charge in [0.1, 0.15) is 5.15 Å². The summed E-state index contributed by atoms with van der Waals surface area (Å²) in [5.41, 5.74) is 0.824. The van der Waals surface area contributed by atoms with Crippen LogP contribution in [0.15, 0.2) is 29.3 Å². The average Bonchev–Trinajstić information content (AvgIpc) is 2.15. The molecule has 1 aromatic carbocycles. The molecule has 1 N–H and O–H groups in total. The Kier molecular flexibility index (Phi) is 3.69. The first-order valence-electron chi connectivity index (χ1n) is 3.86. The molecule has 0 aliphatic heterocycles. The SMILES string of the molecule is Cl.O=S(=O)(O)c1ccc2ncc(Cl)nc2c1. The maximum absolute atomic E-state index is 10.8. The van der Waals surface area contributed by atoms with Crippen LogP contribution in [0.4, 0.5) is 0 Å². The van der Waals surface area contributed by atoms with Gasteiger partial charge in [-0.1, -0.05) is 11.6 Å². The molecule has 0 atom stereocenters. The van der Waals surface area contributed by atoms with E-state index in [0.29, 0.717) is 11.0 Å². The Balaban J connectivity index is 0.00000128. The summed E-state index contributed by atoms with van der Waals surface area (Å²) in [5.74, 6) is 0. The lowest BCUT2D eigenvalue weighted by molar-refractivity contribution is 0.483. The number of hydrogen-bond donors (Lipinski definition) is 1. The largest absolute Gasteiger partial charge is 0.294 e. The Morgan fingerprint density at radius 3 is 2.56 bits per heavy atom. The molecule has 8 heteroatoms. The predicted octanol–water partition coefficient (Wildman–Crippen LogP) is 1.95. The van der Waals surface area contributed by atoms with E-state index in [0.717, 1.165) is 0 Å². The van der Waals surface area contributed by atoms with E-state index in [1.807, 2.05) is 0 Å². The summed E-state index contributed by atoms with van der Waals surface area (Å²) >= 11 is 5.60. The summed E-state index contributed by atoms with van der Waals surface area (Å²) in [6.45, 7) is 0. The quantitative estimate of drug-likeness (QED) is 0.808. The van der Waals surface area contributed by atoms with Gasteiger partial charge in [-0.15, -0.1) is 12.4 Å². The molecule has 0 spiro atoms. The third kappa shape index (κ3) is 2.59. The molecule has 2 aromatic rings. The van der Waals surface area contributed by atoms with E-state index in [9.17, 15) is 8.42 Å². The van der Waals surface area contributed by atoms with Gasteiger partial charge in [0.05, 0.1) is 22.1 Å². The average molecular weight is 281 g/mol. The highest BCUT2D eigenvalue weighted by Gasteiger charge is 2.10. The molecule has 1 aromatic heterocycles. The van der Waals surface area contributed by atoms with Crippen LogP contribution in [0.1, 0.15) is 0 Å². The van der Waals surface area contributed by atoms with Crippen LogP contribution < -0.4 is 0 Å². The minimum atomic E-state index is -4.22. The van der Waals surface area contributed by atoms with Crippen molar-refractivity contribution in [3.8, 4) is 0 Å². The van der Waals surface area contributed by atoms with Gasteiger partial charge in [0.15, 0.2) is 0 Å². The van der Waals surface area contributed by atoms with Gasteiger partial charge < -0.3 is 0 Å². The maximum Gasteiger partial charge on any atom is 0.294 e. The van der Waals surface area contributed by atoms with E-state index in [2.05, 4.69) is 9.97 Å². The smallest absolute Gasteiger partial charge is 0.282 e. The lowest BCUT2D eigenvalue weighted by Gasteiger charge is -1.99. The van der Waals surface area contributed by atoms with Crippen LogP contribution >= 0.6 is 24.0 Å². The van der Waals surface area contributed by atoms with Crippen molar-refractivity contribution < 1.29 is 13.0 Å². The zero-order valence-corrected chi connectivity index (χ0v) is 10.1. The van der Waals surface area contributed by atoms with Crippen molar-refractivity contribution in [2.45, 2.75) is 4.90 Å². The zero-order valence-electron chi connectivity index (χ0n) is 7.66. The van der Waals surface area contributed by atoms with Crippen molar-refractivity contribution in [3.63, 3.8) is 0 Å². The van der Waals surface area contributed by atoms with Crippen molar-refractivity contribution in [1.29, 1.82) is 0 Å².